The van der Waals surface area contributed by atoms with E-state index in [1.165, 1.54) is 6.08 Å². The molecule has 2 heteroatoms. The highest BCUT2D eigenvalue weighted by Crippen LogP contribution is 2.17. The predicted molar refractivity (Wildman–Crippen MR) is 52.5 cm³/mol. The van der Waals surface area contributed by atoms with Crippen molar-refractivity contribution in [2.45, 2.75) is 13.8 Å². The predicted octanol–water partition coefficient (Wildman–Crippen LogP) is 2.48. The van der Waals surface area contributed by atoms with Crippen LogP contribution in [0.15, 0.2) is 30.3 Å². The molecule has 0 saturated heterocycles. The van der Waals surface area contributed by atoms with Crippen molar-refractivity contribution in [3.63, 3.8) is 0 Å². The quantitative estimate of drug-likeness (QED) is 0.703. The van der Waals surface area contributed by atoms with Crippen molar-refractivity contribution in [3.8, 4) is 0 Å². The summed E-state index contributed by atoms with van der Waals surface area (Å²) in [6.45, 7) is 3.77. The molecule has 0 aliphatic heterocycles. The number of hydrogen-bond donors (Lipinski definition) is 1. The summed E-state index contributed by atoms with van der Waals surface area (Å²) in [5.74, 6) is -0.902. The summed E-state index contributed by atoms with van der Waals surface area (Å²) < 4.78 is 0. The molecule has 2 nitrogen and oxygen atoms in total. The Kier molecular flexibility index (Phi) is 2.85. The van der Waals surface area contributed by atoms with E-state index in [0.717, 1.165) is 16.7 Å². The number of carboxylic acids is 1. The standard InChI is InChI=1S/C11H12O2/c1-8-5-3-4-6-10(8)9(2)7-11(12)13/h3-7H,1-2H3,(H,12,13)/b9-7+. The van der Waals surface area contributed by atoms with Crippen LogP contribution in [0.3, 0.4) is 0 Å². The lowest BCUT2D eigenvalue weighted by atomic mass is 10.0. The smallest absolute Gasteiger partial charge is 0.328 e. The fourth-order valence-corrected chi connectivity index (χ4v) is 1.28. The summed E-state index contributed by atoms with van der Waals surface area (Å²) in [5.41, 5.74) is 2.87. The van der Waals surface area contributed by atoms with E-state index in [-0.39, 0.29) is 0 Å². The minimum atomic E-state index is -0.902. The number of carboxylic acid groups (broad SMARTS) is 1. The van der Waals surface area contributed by atoms with Gasteiger partial charge in [-0.3, -0.25) is 0 Å². The Morgan fingerprint density at radius 3 is 2.54 bits per heavy atom. The molecule has 0 aliphatic rings. The molecule has 1 aromatic carbocycles. The van der Waals surface area contributed by atoms with Crippen molar-refractivity contribution < 1.29 is 9.90 Å². The maximum atomic E-state index is 10.4. The highest BCUT2D eigenvalue weighted by molar-refractivity contribution is 5.89. The number of carbonyl (C=O) groups is 1. The summed E-state index contributed by atoms with van der Waals surface area (Å²) in [4.78, 5) is 10.4. The van der Waals surface area contributed by atoms with E-state index in [4.69, 9.17) is 5.11 Å². The lowest BCUT2D eigenvalue weighted by Gasteiger charge is -2.03. The minimum Gasteiger partial charge on any atom is -0.478 e. The monoisotopic (exact) mass is 176 g/mol. The molecule has 0 saturated carbocycles. The lowest BCUT2D eigenvalue weighted by Crippen LogP contribution is -1.91. The largest absolute Gasteiger partial charge is 0.478 e. The second kappa shape index (κ2) is 3.90. The van der Waals surface area contributed by atoms with E-state index in [2.05, 4.69) is 0 Å². The van der Waals surface area contributed by atoms with Gasteiger partial charge in [-0.1, -0.05) is 24.3 Å². The molecule has 0 heterocycles. The van der Waals surface area contributed by atoms with Gasteiger partial charge in [-0.05, 0) is 30.5 Å². The summed E-state index contributed by atoms with van der Waals surface area (Å²) in [6.07, 6.45) is 1.22. The number of allylic oxidation sites excluding steroid dienone is 1. The molecule has 0 aromatic heterocycles. The third-order valence-corrected chi connectivity index (χ3v) is 1.91. The number of hydrogen-bond acceptors (Lipinski definition) is 1. The number of aryl methyl sites for hydroxylation is 1. The number of aliphatic carboxylic acids is 1. The van der Waals surface area contributed by atoms with Crippen LogP contribution in [-0.4, -0.2) is 11.1 Å². The molecule has 0 fully saturated rings. The second-order valence-corrected chi connectivity index (χ2v) is 2.98. The third kappa shape index (κ3) is 2.44. The zero-order chi connectivity index (χ0) is 9.84. The number of rotatable bonds is 2. The van der Waals surface area contributed by atoms with Gasteiger partial charge in [-0.15, -0.1) is 0 Å². The zero-order valence-corrected chi connectivity index (χ0v) is 7.74. The maximum absolute atomic E-state index is 10.4. The SMILES string of the molecule is C/C(=C\C(=O)O)c1ccccc1C. The molecular formula is C11H12O2. The van der Waals surface area contributed by atoms with Gasteiger partial charge in [0.1, 0.15) is 0 Å². The van der Waals surface area contributed by atoms with Gasteiger partial charge >= 0.3 is 5.97 Å². The van der Waals surface area contributed by atoms with Gasteiger partial charge in [0.15, 0.2) is 0 Å². The highest BCUT2D eigenvalue weighted by Gasteiger charge is 2.00. The fourth-order valence-electron chi connectivity index (χ4n) is 1.28. The van der Waals surface area contributed by atoms with E-state index < -0.39 is 5.97 Å². The molecular weight excluding hydrogens is 164 g/mol. The Bertz CT molecular complexity index is 351. The second-order valence-electron chi connectivity index (χ2n) is 2.98. The van der Waals surface area contributed by atoms with Crippen LogP contribution in [0.4, 0.5) is 0 Å². The summed E-state index contributed by atoms with van der Waals surface area (Å²) >= 11 is 0. The average molecular weight is 176 g/mol. The van der Waals surface area contributed by atoms with Crippen molar-refractivity contribution in [2.24, 2.45) is 0 Å². The first-order chi connectivity index (χ1) is 6.11. The Hall–Kier alpha value is -1.57. The number of benzene rings is 1. The molecule has 1 aromatic rings. The first-order valence-electron chi connectivity index (χ1n) is 4.08. The molecule has 0 bridgehead atoms. The molecule has 0 unspecified atom stereocenters. The van der Waals surface area contributed by atoms with Gasteiger partial charge < -0.3 is 5.11 Å². The average Bonchev–Trinajstić information content (AvgIpc) is 2.03. The van der Waals surface area contributed by atoms with Crippen LogP contribution in [0.2, 0.25) is 0 Å². The van der Waals surface area contributed by atoms with Gasteiger partial charge in [0.2, 0.25) is 0 Å². The molecule has 0 radical (unpaired) electrons. The van der Waals surface area contributed by atoms with Gasteiger partial charge in [0.05, 0.1) is 0 Å². The van der Waals surface area contributed by atoms with Crippen LogP contribution in [0.5, 0.6) is 0 Å². The van der Waals surface area contributed by atoms with Crippen LogP contribution in [-0.2, 0) is 4.79 Å². The first kappa shape index (κ1) is 9.52. The van der Waals surface area contributed by atoms with Gasteiger partial charge in [-0.25, -0.2) is 4.79 Å². The van der Waals surface area contributed by atoms with E-state index >= 15 is 0 Å². The minimum absolute atomic E-state index is 0.783. The Morgan fingerprint density at radius 2 is 2.00 bits per heavy atom. The Morgan fingerprint density at radius 1 is 1.38 bits per heavy atom. The zero-order valence-electron chi connectivity index (χ0n) is 7.74. The maximum Gasteiger partial charge on any atom is 0.328 e. The van der Waals surface area contributed by atoms with Crippen molar-refractivity contribution in [1.29, 1.82) is 0 Å². The van der Waals surface area contributed by atoms with Crippen LogP contribution in [0, 0.1) is 6.92 Å². The molecule has 0 spiro atoms. The van der Waals surface area contributed by atoms with Gasteiger partial charge in [0.25, 0.3) is 0 Å². The Balaban J connectivity index is 3.08. The first-order valence-corrected chi connectivity index (χ1v) is 4.08. The molecule has 1 rings (SSSR count). The van der Waals surface area contributed by atoms with E-state index in [1.807, 2.05) is 31.2 Å². The third-order valence-electron chi connectivity index (χ3n) is 1.91. The molecule has 0 atom stereocenters. The molecule has 0 amide bonds. The van der Waals surface area contributed by atoms with Gasteiger partial charge in [0, 0.05) is 6.08 Å². The van der Waals surface area contributed by atoms with Crippen molar-refractivity contribution in [2.75, 3.05) is 0 Å². The van der Waals surface area contributed by atoms with Crippen LogP contribution < -0.4 is 0 Å². The molecule has 68 valence electrons. The van der Waals surface area contributed by atoms with E-state index in [0.29, 0.717) is 0 Å². The van der Waals surface area contributed by atoms with E-state index in [9.17, 15) is 4.79 Å². The fraction of sp³-hybridized carbons (Fsp3) is 0.182. The summed E-state index contributed by atoms with van der Waals surface area (Å²) in [7, 11) is 0. The molecule has 0 aliphatic carbocycles. The van der Waals surface area contributed by atoms with E-state index in [1.54, 1.807) is 6.92 Å². The lowest BCUT2D eigenvalue weighted by molar-refractivity contribution is -0.131. The topological polar surface area (TPSA) is 37.3 Å². The van der Waals surface area contributed by atoms with Crippen molar-refractivity contribution in [3.05, 3.63) is 41.5 Å². The van der Waals surface area contributed by atoms with Crippen molar-refractivity contribution in [1.82, 2.24) is 0 Å². The van der Waals surface area contributed by atoms with Crippen LogP contribution >= 0.6 is 0 Å². The normalized spacial score (nSPS) is 11.4. The molecule has 1 N–H and O–H groups in total. The summed E-state index contributed by atoms with van der Waals surface area (Å²) in [5, 5.41) is 8.56. The van der Waals surface area contributed by atoms with Crippen molar-refractivity contribution >= 4 is 11.5 Å². The molecule has 13 heavy (non-hydrogen) atoms. The highest BCUT2D eigenvalue weighted by atomic mass is 16.4. The van der Waals surface area contributed by atoms with Gasteiger partial charge in [-0.2, -0.15) is 0 Å². The Labute approximate surface area is 77.5 Å². The van der Waals surface area contributed by atoms with Crippen LogP contribution in [0.1, 0.15) is 18.1 Å². The van der Waals surface area contributed by atoms with Crippen LogP contribution in [0.25, 0.3) is 5.57 Å². The summed E-state index contributed by atoms with van der Waals surface area (Å²) in [6, 6.07) is 7.73.